The molecule has 3 amide bonds. The number of carbonyl (C=O) groups is 3. The van der Waals surface area contributed by atoms with Gasteiger partial charge in [0.2, 0.25) is 0 Å². The predicted octanol–water partition coefficient (Wildman–Crippen LogP) is 4.19. The first-order valence-corrected chi connectivity index (χ1v) is 12.6. The normalized spacial score (nSPS) is 16.1. The molecule has 2 aliphatic rings. The number of ether oxygens (including phenoxy) is 1. The van der Waals surface area contributed by atoms with Crippen LogP contribution in [0, 0.1) is 0 Å². The third-order valence-corrected chi connectivity index (χ3v) is 7.25. The van der Waals surface area contributed by atoms with Gasteiger partial charge in [-0.2, -0.15) is 0 Å². The topological polar surface area (TPSA) is 93.5 Å². The van der Waals surface area contributed by atoms with Gasteiger partial charge in [-0.3, -0.25) is 23.9 Å². The number of nitrogens with zero attached hydrogens (tertiary/aromatic N) is 3. The van der Waals surface area contributed by atoms with Crippen molar-refractivity contribution < 1.29 is 19.1 Å². The fourth-order valence-electron chi connectivity index (χ4n) is 4.29. The van der Waals surface area contributed by atoms with E-state index in [9.17, 15) is 14.4 Å². The third-order valence-electron chi connectivity index (χ3n) is 6.09. The molecule has 8 nitrogen and oxygen atoms in total. The number of carbonyl (C=O) groups excluding carboxylic acids is 3. The number of thioether (sulfide) groups is 1. The van der Waals surface area contributed by atoms with Crippen molar-refractivity contribution in [2.45, 2.75) is 0 Å². The molecule has 0 spiro atoms. The standard InChI is InChI=1S/C27H18N4O4S2/c32-24-23(37-27(36)29-24)14-16-5-10-21-22(13-16)31(15-28-21)17-6-8-18(9-7-17)35-12-11-30-25(33)19-3-1-2-4-20(19)26(30)34/h1-10,13-15H,11-12H2,(H,29,32,36). The second-order valence-corrected chi connectivity index (χ2v) is 10.1. The molecule has 0 unspecified atom stereocenters. The van der Waals surface area contributed by atoms with Crippen LogP contribution in [0.2, 0.25) is 0 Å². The van der Waals surface area contributed by atoms with Crippen LogP contribution in [0.1, 0.15) is 26.3 Å². The van der Waals surface area contributed by atoms with Gasteiger partial charge in [0.25, 0.3) is 17.7 Å². The maximum Gasteiger partial charge on any atom is 0.263 e. The molecule has 0 aliphatic carbocycles. The van der Waals surface area contributed by atoms with Crippen LogP contribution in [-0.2, 0) is 4.79 Å². The molecule has 0 atom stereocenters. The van der Waals surface area contributed by atoms with Crippen molar-refractivity contribution >= 4 is 63.1 Å². The van der Waals surface area contributed by atoms with Gasteiger partial charge < -0.3 is 10.1 Å². The average molecular weight is 527 g/mol. The highest BCUT2D eigenvalue weighted by Crippen LogP contribution is 2.28. The second kappa shape index (κ2) is 9.30. The zero-order valence-electron chi connectivity index (χ0n) is 19.2. The Morgan fingerprint density at radius 3 is 2.38 bits per heavy atom. The molecular weight excluding hydrogens is 508 g/mol. The second-order valence-electron chi connectivity index (χ2n) is 8.36. The van der Waals surface area contributed by atoms with Crippen molar-refractivity contribution in [2.75, 3.05) is 13.2 Å². The van der Waals surface area contributed by atoms with Crippen LogP contribution in [0.25, 0.3) is 22.8 Å². The van der Waals surface area contributed by atoms with Crippen LogP contribution in [0.15, 0.2) is 78.0 Å². The molecule has 3 aromatic carbocycles. The molecule has 3 heterocycles. The largest absolute Gasteiger partial charge is 0.492 e. The predicted molar refractivity (Wildman–Crippen MR) is 145 cm³/mol. The number of fused-ring (bicyclic) bond motifs is 2. The highest BCUT2D eigenvalue weighted by Gasteiger charge is 2.34. The summed E-state index contributed by atoms with van der Waals surface area (Å²) in [7, 11) is 0. The molecule has 37 heavy (non-hydrogen) atoms. The van der Waals surface area contributed by atoms with Gasteiger partial charge in [0.1, 0.15) is 23.0 Å². The number of aromatic nitrogens is 2. The number of thiocarbonyl (C=S) groups is 1. The van der Waals surface area contributed by atoms with E-state index in [0.717, 1.165) is 22.3 Å². The summed E-state index contributed by atoms with van der Waals surface area (Å²) in [5.74, 6) is -0.162. The number of hydrogen-bond acceptors (Lipinski definition) is 7. The molecule has 0 bridgehead atoms. The lowest BCUT2D eigenvalue weighted by Crippen LogP contribution is -2.33. The average Bonchev–Trinajstić information content (AvgIpc) is 3.54. The van der Waals surface area contributed by atoms with Crippen molar-refractivity contribution in [1.82, 2.24) is 19.8 Å². The maximum absolute atomic E-state index is 12.5. The minimum Gasteiger partial charge on any atom is -0.492 e. The Morgan fingerprint density at radius 1 is 0.973 bits per heavy atom. The van der Waals surface area contributed by atoms with Crippen LogP contribution < -0.4 is 10.1 Å². The number of benzene rings is 3. The summed E-state index contributed by atoms with van der Waals surface area (Å²) in [6.45, 7) is 0.353. The Labute approximate surface area is 220 Å². The minimum absolute atomic E-state index is 0.166. The van der Waals surface area contributed by atoms with E-state index >= 15 is 0 Å². The van der Waals surface area contributed by atoms with Gasteiger partial charge in [0, 0.05) is 5.69 Å². The molecule has 182 valence electrons. The van der Waals surface area contributed by atoms with Crippen LogP contribution in [0.3, 0.4) is 0 Å². The van der Waals surface area contributed by atoms with E-state index in [0.29, 0.717) is 26.1 Å². The number of nitrogens with one attached hydrogen (secondary N) is 1. The lowest BCUT2D eigenvalue weighted by Gasteiger charge is -2.14. The summed E-state index contributed by atoms with van der Waals surface area (Å²) in [6, 6.07) is 20.1. The van der Waals surface area contributed by atoms with E-state index in [1.165, 1.54) is 16.7 Å². The Balaban J connectivity index is 1.15. The van der Waals surface area contributed by atoms with Gasteiger partial charge in [0.15, 0.2) is 0 Å². The highest BCUT2D eigenvalue weighted by atomic mass is 32.2. The summed E-state index contributed by atoms with van der Waals surface area (Å²) in [5, 5.41) is 2.62. The summed E-state index contributed by atoms with van der Waals surface area (Å²) in [4.78, 5) is 43.2. The number of imidazole rings is 1. The Bertz CT molecular complexity index is 1610. The van der Waals surface area contributed by atoms with Gasteiger partial charge in [-0.1, -0.05) is 42.2 Å². The quantitative estimate of drug-likeness (QED) is 0.229. The molecule has 1 aromatic heterocycles. The monoisotopic (exact) mass is 526 g/mol. The Kier molecular flexibility index (Phi) is 5.82. The molecule has 4 aromatic rings. The van der Waals surface area contributed by atoms with Gasteiger partial charge in [-0.05, 0) is 60.2 Å². The fraction of sp³-hybridized carbons (Fsp3) is 0.0741. The summed E-state index contributed by atoms with van der Waals surface area (Å²) < 4.78 is 8.21. The molecule has 1 fully saturated rings. The van der Waals surface area contributed by atoms with Gasteiger partial charge >= 0.3 is 0 Å². The first-order chi connectivity index (χ1) is 18.0. The number of imide groups is 1. The number of amides is 3. The van der Waals surface area contributed by atoms with E-state index < -0.39 is 0 Å². The van der Waals surface area contributed by atoms with E-state index in [-0.39, 0.29) is 30.9 Å². The molecule has 1 saturated heterocycles. The van der Waals surface area contributed by atoms with Crippen molar-refractivity contribution in [3.63, 3.8) is 0 Å². The molecule has 2 aliphatic heterocycles. The van der Waals surface area contributed by atoms with E-state index in [1.54, 1.807) is 36.7 Å². The van der Waals surface area contributed by atoms with E-state index in [4.69, 9.17) is 17.0 Å². The van der Waals surface area contributed by atoms with Crippen LogP contribution in [-0.4, -0.2) is 49.6 Å². The maximum atomic E-state index is 12.5. The Morgan fingerprint density at radius 2 is 1.70 bits per heavy atom. The molecule has 10 heteroatoms. The first-order valence-electron chi connectivity index (χ1n) is 11.4. The molecule has 1 N–H and O–H groups in total. The van der Waals surface area contributed by atoms with Crippen LogP contribution >= 0.6 is 24.0 Å². The Hall–Kier alpha value is -4.28. The van der Waals surface area contributed by atoms with Crippen LogP contribution in [0.5, 0.6) is 5.75 Å². The van der Waals surface area contributed by atoms with Crippen LogP contribution in [0.4, 0.5) is 0 Å². The first kappa shape index (κ1) is 23.1. The fourth-order valence-corrected chi connectivity index (χ4v) is 5.34. The van der Waals surface area contributed by atoms with Gasteiger partial charge in [0.05, 0.1) is 33.6 Å². The SMILES string of the molecule is O=C1NC(=S)SC1=Cc1ccc2ncn(-c3ccc(OCCN4C(=O)c5ccccc5C4=O)cc3)c2c1. The zero-order chi connectivity index (χ0) is 25.5. The smallest absolute Gasteiger partial charge is 0.263 e. The summed E-state index contributed by atoms with van der Waals surface area (Å²) in [6.07, 6.45) is 3.55. The van der Waals surface area contributed by atoms with Crippen molar-refractivity contribution in [2.24, 2.45) is 0 Å². The molecule has 0 radical (unpaired) electrons. The molecule has 6 rings (SSSR count). The summed E-state index contributed by atoms with van der Waals surface area (Å²) >= 11 is 6.31. The van der Waals surface area contributed by atoms with E-state index in [1.807, 2.05) is 47.0 Å². The molecular formula is C27H18N4O4S2. The highest BCUT2D eigenvalue weighted by molar-refractivity contribution is 8.26. The van der Waals surface area contributed by atoms with Gasteiger partial charge in [-0.15, -0.1) is 0 Å². The minimum atomic E-state index is -0.295. The number of hydrogen-bond donors (Lipinski definition) is 1. The van der Waals surface area contributed by atoms with E-state index in [2.05, 4.69) is 10.3 Å². The zero-order valence-corrected chi connectivity index (χ0v) is 20.8. The summed E-state index contributed by atoms with van der Waals surface area (Å²) in [5.41, 5.74) is 4.32. The third kappa shape index (κ3) is 4.30. The van der Waals surface area contributed by atoms with Gasteiger partial charge in [-0.25, -0.2) is 4.98 Å². The lowest BCUT2D eigenvalue weighted by atomic mass is 10.1. The van der Waals surface area contributed by atoms with Crippen molar-refractivity contribution in [3.8, 4) is 11.4 Å². The lowest BCUT2D eigenvalue weighted by molar-refractivity contribution is -0.115. The van der Waals surface area contributed by atoms with Crippen molar-refractivity contribution in [1.29, 1.82) is 0 Å². The number of rotatable bonds is 6. The van der Waals surface area contributed by atoms with Crippen molar-refractivity contribution in [3.05, 3.63) is 94.7 Å². The molecule has 0 saturated carbocycles.